The van der Waals surface area contributed by atoms with Crippen molar-refractivity contribution in [2.24, 2.45) is 7.05 Å². The zero-order valence-electron chi connectivity index (χ0n) is 13.4. The van der Waals surface area contributed by atoms with E-state index in [1.165, 1.54) is 20.5 Å². The maximum absolute atomic E-state index is 12.4. The fraction of sp³-hybridized carbons (Fsp3) is 0.200. The van der Waals surface area contributed by atoms with Crippen molar-refractivity contribution in [3.05, 3.63) is 42.6 Å². The van der Waals surface area contributed by atoms with Crippen LogP contribution in [0.25, 0.3) is 5.82 Å². The molecule has 0 unspecified atom stereocenters. The van der Waals surface area contributed by atoms with Gasteiger partial charge in [0.25, 0.3) is 5.91 Å². The molecule has 124 valence electrons. The van der Waals surface area contributed by atoms with E-state index in [1.54, 1.807) is 27.6 Å². The van der Waals surface area contributed by atoms with E-state index in [0.29, 0.717) is 17.4 Å². The lowest BCUT2D eigenvalue weighted by atomic mass is 10.3. The second-order valence-electron chi connectivity index (χ2n) is 4.88. The minimum atomic E-state index is -0.380. The van der Waals surface area contributed by atoms with Gasteiger partial charge in [0.1, 0.15) is 17.7 Å². The number of rotatable bonds is 5. The molecule has 1 amide bonds. The highest BCUT2D eigenvalue weighted by Gasteiger charge is 2.15. The topological polar surface area (TPSA) is 96.1 Å². The number of nitrogens with one attached hydrogen (secondary N) is 1. The third-order valence-corrected chi connectivity index (χ3v) is 3.26. The van der Waals surface area contributed by atoms with Crippen LogP contribution in [0.1, 0.15) is 10.5 Å². The Morgan fingerprint density at radius 2 is 2.04 bits per heavy atom. The SMILES string of the molecule is COc1ccc(NC(=O)c2cn(-c3ccn(C)n3)cn2)c(OC)n1. The molecular weight excluding hydrogens is 312 g/mol. The molecule has 0 fully saturated rings. The number of methoxy groups -OCH3 is 2. The molecule has 0 saturated heterocycles. The summed E-state index contributed by atoms with van der Waals surface area (Å²) in [6.07, 6.45) is 4.94. The molecule has 0 aliphatic rings. The highest BCUT2D eigenvalue weighted by molar-refractivity contribution is 6.03. The molecule has 0 saturated carbocycles. The van der Waals surface area contributed by atoms with Gasteiger partial charge in [-0.15, -0.1) is 0 Å². The summed E-state index contributed by atoms with van der Waals surface area (Å²) in [6, 6.07) is 5.10. The van der Waals surface area contributed by atoms with Crippen LogP contribution in [0.2, 0.25) is 0 Å². The second kappa shape index (κ2) is 6.41. The summed E-state index contributed by atoms with van der Waals surface area (Å²) in [6.45, 7) is 0. The van der Waals surface area contributed by atoms with Crippen molar-refractivity contribution in [1.82, 2.24) is 24.3 Å². The van der Waals surface area contributed by atoms with E-state index in [0.717, 1.165) is 0 Å². The van der Waals surface area contributed by atoms with Crippen LogP contribution in [0.15, 0.2) is 36.9 Å². The molecule has 9 nitrogen and oxygen atoms in total. The van der Waals surface area contributed by atoms with Crippen molar-refractivity contribution in [2.75, 3.05) is 19.5 Å². The fourth-order valence-corrected chi connectivity index (χ4v) is 2.08. The van der Waals surface area contributed by atoms with Gasteiger partial charge in [-0.05, 0) is 6.07 Å². The maximum atomic E-state index is 12.4. The van der Waals surface area contributed by atoms with Crippen LogP contribution < -0.4 is 14.8 Å². The normalized spacial score (nSPS) is 10.5. The average Bonchev–Trinajstić information content (AvgIpc) is 3.24. The minimum Gasteiger partial charge on any atom is -0.481 e. The lowest BCUT2D eigenvalue weighted by Crippen LogP contribution is -2.13. The first kappa shape index (κ1) is 15.5. The zero-order chi connectivity index (χ0) is 17.1. The molecule has 0 aliphatic heterocycles. The lowest BCUT2D eigenvalue weighted by Gasteiger charge is -2.09. The van der Waals surface area contributed by atoms with E-state index < -0.39 is 0 Å². The summed E-state index contributed by atoms with van der Waals surface area (Å²) in [5.41, 5.74) is 0.675. The number of anilines is 1. The van der Waals surface area contributed by atoms with Crippen LogP contribution in [-0.4, -0.2) is 44.4 Å². The number of carbonyl (C=O) groups excluding carboxylic acids is 1. The number of aryl methyl sites for hydroxylation is 1. The van der Waals surface area contributed by atoms with Gasteiger partial charge in [-0.1, -0.05) is 0 Å². The summed E-state index contributed by atoms with van der Waals surface area (Å²) in [7, 11) is 4.79. The second-order valence-corrected chi connectivity index (χ2v) is 4.88. The van der Waals surface area contributed by atoms with Gasteiger partial charge in [0.15, 0.2) is 5.82 Å². The molecular formula is C15H16N6O3. The van der Waals surface area contributed by atoms with Gasteiger partial charge in [-0.25, -0.2) is 4.98 Å². The molecule has 3 rings (SSSR count). The van der Waals surface area contributed by atoms with Gasteiger partial charge in [0.05, 0.1) is 14.2 Å². The van der Waals surface area contributed by atoms with Gasteiger partial charge >= 0.3 is 0 Å². The van der Waals surface area contributed by atoms with E-state index in [-0.39, 0.29) is 17.5 Å². The molecule has 0 spiro atoms. The Labute approximate surface area is 137 Å². The molecule has 0 aliphatic carbocycles. The van der Waals surface area contributed by atoms with Crippen molar-refractivity contribution in [2.45, 2.75) is 0 Å². The highest BCUT2D eigenvalue weighted by atomic mass is 16.5. The molecule has 9 heteroatoms. The number of carbonyl (C=O) groups is 1. The van der Waals surface area contributed by atoms with E-state index in [9.17, 15) is 4.79 Å². The minimum absolute atomic E-state index is 0.249. The number of imidazole rings is 1. The van der Waals surface area contributed by atoms with Gasteiger partial charge in [-0.3, -0.25) is 14.0 Å². The smallest absolute Gasteiger partial charge is 0.276 e. The first-order chi connectivity index (χ1) is 11.6. The predicted molar refractivity (Wildman–Crippen MR) is 85.6 cm³/mol. The molecule has 24 heavy (non-hydrogen) atoms. The fourth-order valence-electron chi connectivity index (χ4n) is 2.08. The monoisotopic (exact) mass is 328 g/mol. The number of amides is 1. The summed E-state index contributed by atoms with van der Waals surface area (Å²) in [5, 5.41) is 6.96. The largest absolute Gasteiger partial charge is 0.481 e. The van der Waals surface area contributed by atoms with E-state index in [4.69, 9.17) is 9.47 Å². The van der Waals surface area contributed by atoms with Crippen LogP contribution in [0.5, 0.6) is 11.8 Å². The summed E-state index contributed by atoms with van der Waals surface area (Å²) >= 11 is 0. The number of pyridine rings is 1. The Morgan fingerprint density at radius 1 is 1.21 bits per heavy atom. The van der Waals surface area contributed by atoms with Gasteiger partial charge in [0, 0.05) is 31.6 Å². The van der Waals surface area contributed by atoms with Gasteiger partial charge in [-0.2, -0.15) is 10.1 Å². The van der Waals surface area contributed by atoms with Crippen LogP contribution >= 0.6 is 0 Å². The van der Waals surface area contributed by atoms with Crippen molar-refractivity contribution in [3.8, 4) is 17.6 Å². The Bertz CT molecular complexity index is 870. The van der Waals surface area contributed by atoms with Crippen LogP contribution in [0.4, 0.5) is 5.69 Å². The predicted octanol–water partition coefficient (Wildman–Crippen LogP) is 1.27. The highest BCUT2D eigenvalue weighted by Crippen LogP contribution is 2.25. The Balaban J connectivity index is 1.79. The zero-order valence-corrected chi connectivity index (χ0v) is 13.4. The van der Waals surface area contributed by atoms with Crippen molar-refractivity contribution in [1.29, 1.82) is 0 Å². The molecule has 0 atom stereocenters. The first-order valence-corrected chi connectivity index (χ1v) is 7.05. The average molecular weight is 328 g/mol. The Kier molecular flexibility index (Phi) is 4.15. The number of hydrogen-bond acceptors (Lipinski definition) is 6. The maximum Gasteiger partial charge on any atom is 0.276 e. The van der Waals surface area contributed by atoms with Crippen LogP contribution in [0, 0.1) is 0 Å². The molecule has 0 aromatic carbocycles. The van der Waals surface area contributed by atoms with E-state index in [2.05, 4.69) is 20.4 Å². The number of aromatic nitrogens is 5. The third-order valence-electron chi connectivity index (χ3n) is 3.26. The van der Waals surface area contributed by atoms with Gasteiger partial charge in [0.2, 0.25) is 11.8 Å². The molecule has 1 N–H and O–H groups in total. The molecule has 0 radical (unpaired) electrons. The van der Waals surface area contributed by atoms with Crippen LogP contribution in [0.3, 0.4) is 0 Å². The summed E-state index contributed by atoms with van der Waals surface area (Å²) in [4.78, 5) is 20.6. The van der Waals surface area contributed by atoms with E-state index >= 15 is 0 Å². The van der Waals surface area contributed by atoms with Crippen LogP contribution in [-0.2, 0) is 7.05 Å². The lowest BCUT2D eigenvalue weighted by molar-refractivity contribution is 0.102. The third kappa shape index (κ3) is 3.05. The first-order valence-electron chi connectivity index (χ1n) is 7.05. The Morgan fingerprint density at radius 3 is 2.71 bits per heavy atom. The quantitative estimate of drug-likeness (QED) is 0.758. The van der Waals surface area contributed by atoms with Crippen molar-refractivity contribution >= 4 is 11.6 Å². The number of nitrogens with zero attached hydrogens (tertiary/aromatic N) is 5. The Hall–Kier alpha value is -3.36. The molecule has 3 heterocycles. The van der Waals surface area contributed by atoms with E-state index in [1.807, 2.05) is 19.3 Å². The number of ether oxygens (including phenoxy) is 2. The summed E-state index contributed by atoms with van der Waals surface area (Å²) < 4.78 is 13.5. The van der Waals surface area contributed by atoms with Gasteiger partial charge < -0.3 is 14.8 Å². The number of hydrogen-bond donors (Lipinski definition) is 1. The van der Waals surface area contributed by atoms with Crippen molar-refractivity contribution in [3.63, 3.8) is 0 Å². The molecule has 3 aromatic rings. The standard InChI is InChI=1S/C15H16N6O3/c1-20-7-6-12(19-20)21-8-11(16-9-21)14(22)17-10-4-5-13(23-2)18-15(10)24-3/h4-9H,1-3H3,(H,17,22). The van der Waals surface area contributed by atoms with Crippen molar-refractivity contribution < 1.29 is 14.3 Å². The molecule has 3 aromatic heterocycles. The summed E-state index contributed by atoms with van der Waals surface area (Å²) in [5.74, 6) is 0.943. The molecule has 0 bridgehead atoms.